The molecule has 0 atom stereocenters. The molecule has 7 heteroatoms. The Kier molecular flexibility index (Phi) is 3.92. The fourth-order valence-corrected chi connectivity index (χ4v) is 2.17. The number of carboxylic acid groups (broad SMARTS) is 1. The van der Waals surface area contributed by atoms with Crippen molar-refractivity contribution in [3.63, 3.8) is 0 Å². The maximum absolute atomic E-state index is 10.8. The van der Waals surface area contributed by atoms with Crippen molar-refractivity contribution in [2.75, 3.05) is 0 Å². The average molecular weight is 272 g/mol. The van der Waals surface area contributed by atoms with Crippen LogP contribution in [-0.2, 0) is 4.79 Å². The van der Waals surface area contributed by atoms with Gasteiger partial charge < -0.3 is 5.11 Å². The normalized spacial score (nSPS) is 10.8. The van der Waals surface area contributed by atoms with Gasteiger partial charge in [0, 0.05) is 15.9 Å². The van der Waals surface area contributed by atoms with Crippen LogP contribution in [0.25, 0.3) is 27.1 Å². The molecule has 0 aliphatic heterocycles. The minimum absolute atomic E-state index is 0.382. The molecule has 0 saturated carbocycles. The summed E-state index contributed by atoms with van der Waals surface area (Å²) in [6.07, 6.45) is 1.24. The molecule has 0 aliphatic rings. The first kappa shape index (κ1) is 12.8. The summed E-state index contributed by atoms with van der Waals surface area (Å²) in [4.78, 5) is 17.6. The highest BCUT2D eigenvalue weighted by atomic mass is 32.1. The molecule has 1 aromatic carbocycles. The predicted octanol–water partition coefficient (Wildman–Crippen LogP) is 3.55. The van der Waals surface area contributed by atoms with E-state index in [1.165, 1.54) is 17.4 Å². The van der Waals surface area contributed by atoms with Crippen LogP contribution in [0.3, 0.4) is 0 Å². The van der Waals surface area contributed by atoms with E-state index in [1.54, 1.807) is 5.38 Å². The Labute approximate surface area is 112 Å². The van der Waals surface area contributed by atoms with Gasteiger partial charge in [-0.3, -0.25) is 0 Å². The lowest BCUT2D eigenvalue weighted by molar-refractivity contribution is -0.132. The number of aromatic nitrogens is 1. The molecule has 19 heavy (non-hydrogen) atoms. The van der Waals surface area contributed by atoms with Crippen LogP contribution in [0.1, 0.15) is 5.69 Å². The van der Waals surface area contributed by atoms with Gasteiger partial charge in [-0.05, 0) is 11.6 Å². The third-order valence-electron chi connectivity index (χ3n) is 2.20. The second kappa shape index (κ2) is 5.81. The van der Waals surface area contributed by atoms with Gasteiger partial charge in [0.25, 0.3) is 0 Å². The van der Waals surface area contributed by atoms with Gasteiger partial charge >= 0.3 is 5.97 Å². The first-order chi connectivity index (χ1) is 9.20. The number of rotatable bonds is 4. The predicted molar refractivity (Wildman–Crippen MR) is 72.3 cm³/mol. The highest BCUT2D eigenvalue weighted by molar-refractivity contribution is 7.13. The number of azide groups is 1. The van der Waals surface area contributed by atoms with Gasteiger partial charge in [-0.1, -0.05) is 35.4 Å². The maximum atomic E-state index is 10.8. The van der Waals surface area contributed by atoms with Crippen LogP contribution in [0, 0.1) is 0 Å². The minimum Gasteiger partial charge on any atom is -0.478 e. The zero-order chi connectivity index (χ0) is 13.7. The van der Waals surface area contributed by atoms with Gasteiger partial charge in [0.05, 0.1) is 5.69 Å². The van der Waals surface area contributed by atoms with Crippen molar-refractivity contribution in [1.29, 1.82) is 0 Å². The van der Waals surface area contributed by atoms with Gasteiger partial charge in [0.1, 0.15) is 10.7 Å². The van der Waals surface area contributed by atoms with E-state index in [0.29, 0.717) is 5.69 Å². The summed E-state index contributed by atoms with van der Waals surface area (Å²) >= 11 is 1.39. The Morgan fingerprint density at radius 2 is 2.16 bits per heavy atom. The standard InChI is InChI=1S/C12H8N4O2S/c13-16-15-10(12(17)18)6-9-7-19-11(14-9)8-4-2-1-3-5-8/h1-7H,(H,17,18). The first-order valence-corrected chi connectivity index (χ1v) is 6.09. The molecule has 0 amide bonds. The van der Waals surface area contributed by atoms with E-state index in [-0.39, 0.29) is 5.70 Å². The second-order valence-corrected chi connectivity index (χ2v) is 4.33. The summed E-state index contributed by atoms with van der Waals surface area (Å²) in [5.74, 6) is -1.29. The first-order valence-electron chi connectivity index (χ1n) is 5.22. The Hall–Kier alpha value is -2.63. The molecule has 0 fully saturated rings. The van der Waals surface area contributed by atoms with Gasteiger partial charge in [0.2, 0.25) is 0 Å². The van der Waals surface area contributed by atoms with Crippen molar-refractivity contribution >= 4 is 23.4 Å². The van der Waals surface area contributed by atoms with Crippen LogP contribution in [0.4, 0.5) is 0 Å². The minimum atomic E-state index is -1.29. The molecule has 0 unspecified atom stereocenters. The molecular weight excluding hydrogens is 264 g/mol. The van der Waals surface area contributed by atoms with E-state index in [1.807, 2.05) is 30.3 Å². The van der Waals surface area contributed by atoms with Crippen LogP contribution in [0.5, 0.6) is 0 Å². The van der Waals surface area contributed by atoms with Crippen molar-refractivity contribution in [2.45, 2.75) is 0 Å². The van der Waals surface area contributed by atoms with E-state index in [9.17, 15) is 4.79 Å². The fourth-order valence-electron chi connectivity index (χ4n) is 1.39. The molecule has 0 spiro atoms. The van der Waals surface area contributed by atoms with Crippen molar-refractivity contribution in [3.8, 4) is 10.6 Å². The van der Waals surface area contributed by atoms with E-state index in [4.69, 9.17) is 10.6 Å². The van der Waals surface area contributed by atoms with Crippen molar-refractivity contribution in [1.82, 2.24) is 4.98 Å². The third-order valence-corrected chi connectivity index (χ3v) is 3.11. The molecule has 2 aromatic rings. The summed E-state index contributed by atoms with van der Waals surface area (Å²) < 4.78 is 0. The Bertz CT molecular complexity index is 668. The highest BCUT2D eigenvalue weighted by Gasteiger charge is 2.07. The summed E-state index contributed by atoms with van der Waals surface area (Å²) in [5.41, 5.74) is 9.31. The summed E-state index contributed by atoms with van der Waals surface area (Å²) in [5, 5.41) is 14.4. The quantitative estimate of drug-likeness (QED) is 0.398. The lowest BCUT2D eigenvalue weighted by Gasteiger charge is -1.93. The number of aliphatic carboxylic acids is 1. The monoisotopic (exact) mass is 272 g/mol. The van der Waals surface area contributed by atoms with Crippen LogP contribution in [0.15, 0.2) is 46.5 Å². The number of nitrogens with zero attached hydrogens (tertiary/aromatic N) is 4. The molecule has 0 bridgehead atoms. The zero-order valence-corrected chi connectivity index (χ0v) is 10.4. The number of hydrogen-bond acceptors (Lipinski definition) is 4. The van der Waals surface area contributed by atoms with Crippen LogP contribution in [0.2, 0.25) is 0 Å². The Morgan fingerprint density at radius 3 is 2.79 bits per heavy atom. The lowest BCUT2D eigenvalue weighted by Crippen LogP contribution is -1.96. The number of hydrogen-bond donors (Lipinski definition) is 1. The molecular formula is C12H8N4O2S. The number of thiazole rings is 1. The molecule has 0 radical (unpaired) electrons. The van der Waals surface area contributed by atoms with Gasteiger partial charge in [-0.25, -0.2) is 9.78 Å². The van der Waals surface area contributed by atoms with Crippen LogP contribution in [-0.4, -0.2) is 16.1 Å². The number of carboxylic acids is 1. The highest BCUT2D eigenvalue weighted by Crippen LogP contribution is 2.24. The molecule has 1 heterocycles. The molecule has 0 aliphatic carbocycles. The van der Waals surface area contributed by atoms with Gasteiger partial charge in [0.15, 0.2) is 0 Å². The van der Waals surface area contributed by atoms with Crippen LogP contribution >= 0.6 is 11.3 Å². The van der Waals surface area contributed by atoms with Crippen molar-refractivity contribution < 1.29 is 9.90 Å². The van der Waals surface area contributed by atoms with E-state index in [0.717, 1.165) is 10.6 Å². The zero-order valence-electron chi connectivity index (χ0n) is 9.59. The van der Waals surface area contributed by atoms with E-state index < -0.39 is 5.97 Å². The summed E-state index contributed by atoms with van der Waals surface area (Å²) in [6.45, 7) is 0. The van der Waals surface area contributed by atoms with Gasteiger partial charge in [-0.15, -0.1) is 11.3 Å². The molecule has 94 valence electrons. The molecule has 1 aromatic heterocycles. The largest absolute Gasteiger partial charge is 0.478 e. The van der Waals surface area contributed by atoms with Crippen molar-refractivity contribution in [2.24, 2.45) is 5.11 Å². The molecule has 6 nitrogen and oxygen atoms in total. The van der Waals surface area contributed by atoms with E-state index in [2.05, 4.69) is 15.0 Å². The Morgan fingerprint density at radius 1 is 1.42 bits per heavy atom. The lowest BCUT2D eigenvalue weighted by atomic mass is 10.2. The maximum Gasteiger partial charge on any atom is 0.338 e. The topological polar surface area (TPSA) is 99.0 Å². The summed E-state index contributed by atoms with van der Waals surface area (Å²) in [7, 11) is 0. The summed E-state index contributed by atoms with van der Waals surface area (Å²) in [6, 6.07) is 9.53. The molecule has 0 saturated heterocycles. The smallest absolute Gasteiger partial charge is 0.338 e. The average Bonchev–Trinajstić information content (AvgIpc) is 2.88. The molecule has 2 rings (SSSR count). The Balaban J connectivity index is 2.34. The SMILES string of the molecule is [N-]=[N+]=NC(=Cc1csc(-c2ccccc2)n1)C(=O)O. The number of carbonyl (C=O) groups is 1. The number of benzene rings is 1. The third kappa shape index (κ3) is 3.19. The van der Waals surface area contributed by atoms with Crippen LogP contribution < -0.4 is 0 Å². The fraction of sp³-hybridized carbons (Fsp3) is 0. The second-order valence-electron chi connectivity index (χ2n) is 3.47. The van der Waals surface area contributed by atoms with Gasteiger partial charge in [-0.2, -0.15) is 0 Å². The van der Waals surface area contributed by atoms with Crippen molar-refractivity contribution in [3.05, 3.63) is 57.5 Å². The van der Waals surface area contributed by atoms with E-state index >= 15 is 0 Å². The molecule has 1 N–H and O–H groups in total.